The van der Waals surface area contributed by atoms with Gasteiger partial charge in [0, 0.05) is 0 Å². The van der Waals surface area contributed by atoms with E-state index in [0.29, 0.717) is 6.61 Å². The Morgan fingerprint density at radius 3 is 2.67 bits per heavy atom. The van der Waals surface area contributed by atoms with Crippen molar-refractivity contribution in [3.8, 4) is 0 Å². The van der Waals surface area contributed by atoms with Crippen molar-refractivity contribution in [1.82, 2.24) is 15.5 Å². The van der Waals surface area contributed by atoms with E-state index >= 15 is 0 Å². The third-order valence-electron chi connectivity index (χ3n) is 1.90. The van der Waals surface area contributed by atoms with Crippen molar-refractivity contribution >= 4 is 11.3 Å². The molecule has 0 aromatic carbocycles. The van der Waals surface area contributed by atoms with Gasteiger partial charge in [-0.15, -0.1) is 10.2 Å². The Morgan fingerprint density at radius 1 is 1.33 bits per heavy atom. The van der Waals surface area contributed by atoms with Gasteiger partial charge in [-0.25, -0.2) is 0 Å². The van der Waals surface area contributed by atoms with Crippen LogP contribution in [0.25, 0.3) is 0 Å². The highest BCUT2D eigenvalue weighted by Crippen LogP contribution is 2.18. The van der Waals surface area contributed by atoms with E-state index < -0.39 is 0 Å². The normalized spacial score (nSPS) is 13.4. The molecule has 15 heavy (non-hydrogen) atoms. The Morgan fingerprint density at radius 2 is 2.07 bits per heavy atom. The molecular formula is C10H19N3OS. The molecular weight excluding hydrogens is 210 g/mol. The number of rotatable bonds is 6. The molecule has 0 bridgehead atoms. The summed E-state index contributed by atoms with van der Waals surface area (Å²) in [6.45, 7) is 9.72. The van der Waals surface area contributed by atoms with E-state index in [1.807, 2.05) is 13.8 Å². The number of hydrogen-bond donors (Lipinski definition) is 1. The molecule has 4 nitrogen and oxygen atoms in total. The van der Waals surface area contributed by atoms with Crippen LogP contribution >= 0.6 is 11.3 Å². The van der Waals surface area contributed by atoms with Gasteiger partial charge in [0.15, 0.2) is 0 Å². The largest absolute Gasteiger partial charge is 0.372 e. The molecule has 0 saturated heterocycles. The highest BCUT2D eigenvalue weighted by Gasteiger charge is 2.10. The van der Waals surface area contributed by atoms with Crippen LogP contribution in [-0.4, -0.2) is 22.8 Å². The highest BCUT2D eigenvalue weighted by atomic mass is 32.1. The smallest absolute Gasteiger partial charge is 0.143 e. The van der Waals surface area contributed by atoms with Crippen molar-refractivity contribution in [2.24, 2.45) is 0 Å². The Kier molecular flexibility index (Phi) is 5.14. The monoisotopic (exact) mass is 229 g/mol. The molecule has 1 atom stereocenters. The second-order valence-electron chi connectivity index (χ2n) is 3.67. The van der Waals surface area contributed by atoms with Gasteiger partial charge in [-0.3, -0.25) is 0 Å². The average molecular weight is 229 g/mol. The summed E-state index contributed by atoms with van der Waals surface area (Å²) < 4.78 is 5.47. The van der Waals surface area contributed by atoms with Crippen LogP contribution in [-0.2, 0) is 11.3 Å². The van der Waals surface area contributed by atoms with Crippen molar-refractivity contribution in [2.45, 2.75) is 46.4 Å². The number of nitrogens with zero attached hydrogens (tertiary/aromatic N) is 2. The van der Waals surface area contributed by atoms with Gasteiger partial charge >= 0.3 is 0 Å². The van der Waals surface area contributed by atoms with E-state index in [0.717, 1.165) is 16.6 Å². The first kappa shape index (κ1) is 12.5. The molecule has 5 heteroatoms. The van der Waals surface area contributed by atoms with Crippen LogP contribution in [0.1, 0.15) is 43.8 Å². The molecule has 1 heterocycles. The van der Waals surface area contributed by atoms with Crippen LogP contribution in [0.2, 0.25) is 0 Å². The lowest BCUT2D eigenvalue weighted by Crippen LogP contribution is -2.17. The number of ether oxygens (including phenoxy) is 1. The molecule has 1 aromatic rings. The SMILES string of the molecule is CCNC(C)c1nnc(COC(C)C)s1. The quantitative estimate of drug-likeness (QED) is 0.812. The minimum absolute atomic E-state index is 0.239. The van der Waals surface area contributed by atoms with Crippen molar-refractivity contribution in [2.75, 3.05) is 6.54 Å². The first-order chi connectivity index (χ1) is 7.13. The predicted molar refractivity (Wildman–Crippen MR) is 61.9 cm³/mol. The maximum absolute atomic E-state index is 5.47. The first-order valence-electron chi connectivity index (χ1n) is 5.30. The van der Waals surface area contributed by atoms with Crippen molar-refractivity contribution in [3.05, 3.63) is 10.0 Å². The topological polar surface area (TPSA) is 47.0 Å². The van der Waals surface area contributed by atoms with Crippen molar-refractivity contribution in [3.63, 3.8) is 0 Å². The third kappa shape index (κ3) is 4.24. The standard InChI is InChI=1S/C10H19N3OS/c1-5-11-8(4)10-13-12-9(15-10)6-14-7(2)3/h7-8,11H,5-6H2,1-4H3. The Bertz CT molecular complexity index is 288. The number of nitrogens with one attached hydrogen (secondary N) is 1. The van der Waals surface area contributed by atoms with Crippen molar-refractivity contribution < 1.29 is 4.74 Å². The fourth-order valence-corrected chi connectivity index (χ4v) is 1.92. The van der Waals surface area contributed by atoms with Gasteiger partial charge < -0.3 is 10.1 Å². The predicted octanol–water partition coefficient (Wildman–Crippen LogP) is 2.13. The van der Waals surface area contributed by atoms with Crippen LogP contribution in [0.15, 0.2) is 0 Å². The first-order valence-corrected chi connectivity index (χ1v) is 6.12. The summed E-state index contributed by atoms with van der Waals surface area (Å²) in [6, 6.07) is 0.278. The summed E-state index contributed by atoms with van der Waals surface area (Å²) in [7, 11) is 0. The zero-order chi connectivity index (χ0) is 11.3. The van der Waals surface area contributed by atoms with Crippen LogP contribution < -0.4 is 5.32 Å². The van der Waals surface area contributed by atoms with Crippen LogP contribution in [0, 0.1) is 0 Å². The number of aromatic nitrogens is 2. The maximum atomic E-state index is 5.47. The van der Waals surface area contributed by atoms with E-state index in [4.69, 9.17) is 4.74 Å². The molecule has 1 aromatic heterocycles. The van der Waals surface area contributed by atoms with E-state index in [2.05, 4.69) is 29.4 Å². The zero-order valence-corrected chi connectivity index (χ0v) is 10.6. The van der Waals surface area contributed by atoms with Gasteiger partial charge in [-0.2, -0.15) is 0 Å². The molecule has 1 N–H and O–H groups in total. The van der Waals surface area contributed by atoms with Crippen LogP contribution in [0.5, 0.6) is 0 Å². The lowest BCUT2D eigenvalue weighted by Gasteiger charge is -2.06. The minimum atomic E-state index is 0.239. The Hall–Kier alpha value is -0.520. The summed E-state index contributed by atoms with van der Waals surface area (Å²) in [4.78, 5) is 0. The Labute approximate surface area is 95.1 Å². The van der Waals surface area contributed by atoms with Gasteiger partial charge in [0.05, 0.1) is 12.1 Å². The summed E-state index contributed by atoms with van der Waals surface area (Å²) in [5.41, 5.74) is 0. The van der Waals surface area contributed by atoms with E-state index in [-0.39, 0.29) is 12.1 Å². The average Bonchev–Trinajstić information content (AvgIpc) is 2.63. The van der Waals surface area contributed by atoms with E-state index in [1.54, 1.807) is 11.3 Å². The molecule has 0 aliphatic rings. The van der Waals surface area contributed by atoms with E-state index in [9.17, 15) is 0 Å². The summed E-state index contributed by atoms with van der Waals surface area (Å²) in [6.07, 6.45) is 0.239. The van der Waals surface area contributed by atoms with Gasteiger partial charge in [0.2, 0.25) is 0 Å². The second kappa shape index (κ2) is 6.15. The third-order valence-corrected chi connectivity index (χ3v) is 2.98. The molecule has 0 radical (unpaired) electrons. The fraction of sp³-hybridized carbons (Fsp3) is 0.800. The van der Waals surface area contributed by atoms with Gasteiger partial charge in [-0.1, -0.05) is 18.3 Å². The summed E-state index contributed by atoms with van der Waals surface area (Å²) in [5.74, 6) is 0. The molecule has 0 fully saturated rings. The highest BCUT2D eigenvalue weighted by molar-refractivity contribution is 7.11. The van der Waals surface area contributed by atoms with Crippen LogP contribution in [0.4, 0.5) is 0 Å². The van der Waals surface area contributed by atoms with E-state index in [1.165, 1.54) is 0 Å². The number of hydrogen-bond acceptors (Lipinski definition) is 5. The maximum Gasteiger partial charge on any atom is 0.143 e. The lowest BCUT2D eigenvalue weighted by molar-refractivity contribution is 0.0652. The molecule has 1 unspecified atom stereocenters. The fourth-order valence-electron chi connectivity index (χ4n) is 1.13. The minimum Gasteiger partial charge on any atom is -0.372 e. The molecule has 0 spiro atoms. The zero-order valence-electron chi connectivity index (χ0n) is 9.78. The summed E-state index contributed by atoms with van der Waals surface area (Å²) >= 11 is 1.61. The lowest BCUT2D eigenvalue weighted by atomic mass is 10.3. The molecule has 0 aliphatic carbocycles. The second-order valence-corrected chi connectivity index (χ2v) is 4.77. The van der Waals surface area contributed by atoms with Gasteiger partial charge in [0.25, 0.3) is 0 Å². The van der Waals surface area contributed by atoms with Gasteiger partial charge in [0.1, 0.15) is 16.6 Å². The van der Waals surface area contributed by atoms with Crippen molar-refractivity contribution in [1.29, 1.82) is 0 Å². The molecule has 86 valence electrons. The molecule has 0 aliphatic heterocycles. The summed E-state index contributed by atoms with van der Waals surface area (Å²) in [5, 5.41) is 13.5. The molecule has 0 amide bonds. The molecule has 0 saturated carbocycles. The Balaban J connectivity index is 2.48. The van der Waals surface area contributed by atoms with Gasteiger partial charge in [-0.05, 0) is 27.3 Å². The van der Waals surface area contributed by atoms with Crippen LogP contribution in [0.3, 0.4) is 0 Å². The molecule has 1 rings (SSSR count).